The lowest BCUT2D eigenvalue weighted by molar-refractivity contribution is 0.0858. The van der Waals surface area contributed by atoms with Gasteiger partial charge in [0.1, 0.15) is 5.00 Å². The van der Waals surface area contributed by atoms with Gasteiger partial charge in [-0.05, 0) is 50.2 Å². The molecule has 8 nitrogen and oxygen atoms in total. The fraction of sp³-hybridized carbons (Fsp3) is 0.417. The SMILES string of the molecule is Cn1nc(C(=O)Nc2sc3c(c2C(=O)NC[C@@H]2CCCO2)CCCC3)c2ccccc2c1=O. The summed E-state index contributed by atoms with van der Waals surface area (Å²) in [5, 5.41) is 11.6. The second-order valence-corrected chi connectivity index (χ2v) is 9.64. The summed E-state index contributed by atoms with van der Waals surface area (Å²) < 4.78 is 6.80. The van der Waals surface area contributed by atoms with E-state index in [2.05, 4.69) is 15.7 Å². The molecular weight excluding hydrogens is 440 g/mol. The molecule has 0 saturated carbocycles. The first-order valence-electron chi connectivity index (χ1n) is 11.3. The van der Waals surface area contributed by atoms with E-state index in [1.807, 2.05) is 0 Å². The van der Waals surface area contributed by atoms with Crippen molar-refractivity contribution in [1.29, 1.82) is 0 Å². The number of nitrogens with one attached hydrogen (secondary N) is 2. The molecule has 1 aromatic carbocycles. The van der Waals surface area contributed by atoms with Gasteiger partial charge in [-0.1, -0.05) is 18.2 Å². The zero-order chi connectivity index (χ0) is 22.9. The van der Waals surface area contributed by atoms with Crippen LogP contribution in [0.5, 0.6) is 0 Å². The summed E-state index contributed by atoms with van der Waals surface area (Å²) in [6, 6.07) is 6.93. The molecule has 1 fully saturated rings. The maximum Gasteiger partial charge on any atom is 0.277 e. The quantitative estimate of drug-likeness (QED) is 0.602. The summed E-state index contributed by atoms with van der Waals surface area (Å²) in [6.07, 6.45) is 5.82. The summed E-state index contributed by atoms with van der Waals surface area (Å²) in [4.78, 5) is 40.1. The van der Waals surface area contributed by atoms with Crippen molar-refractivity contribution < 1.29 is 14.3 Å². The Bertz CT molecular complexity index is 1290. The molecule has 1 aliphatic carbocycles. The lowest BCUT2D eigenvalue weighted by Crippen LogP contribution is -2.33. The summed E-state index contributed by atoms with van der Waals surface area (Å²) in [6.45, 7) is 1.19. The minimum Gasteiger partial charge on any atom is -0.376 e. The molecule has 1 saturated heterocycles. The van der Waals surface area contributed by atoms with Gasteiger partial charge in [0.15, 0.2) is 5.69 Å². The van der Waals surface area contributed by atoms with E-state index in [4.69, 9.17) is 4.74 Å². The van der Waals surface area contributed by atoms with Crippen LogP contribution >= 0.6 is 11.3 Å². The maximum absolute atomic E-state index is 13.3. The Morgan fingerprint density at radius 2 is 1.94 bits per heavy atom. The highest BCUT2D eigenvalue weighted by atomic mass is 32.1. The van der Waals surface area contributed by atoms with Gasteiger partial charge in [-0.3, -0.25) is 14.4 Å². The lowest BCUT2D eigenvalue weighted by atomic mass is 9.95. The molecule has 3 heterocycles. The number of hydrogen-bond acceptors (Lipinski definition) is 6. The molecule has 2 aromatic heterocycles. The fourth-order valence-electron chi connectivity index (χ4n) is 4.62. The number of nitrogens with zero attached hydrogens (tertiary/aromatic N) is 2. The van der Waals surface area contributed by atoms with Crippen LogP contribution in [0.4, 0.5) is 5.00 Å². The Balaban J connectivity index is 1.47. The molecule has 172 valence electrons. The maximum atomic E-state index is 13.3. The number of thiophene rings is 1. The van der Waals surface area contributed by atoms with Gasteiger partial charge in [0.05, 0.1) is 17.1 Å². The second-order valence-electron chi connectivity index (χ2n) is 8.54. The Labute approximate surface area is 194 Å². The standard InChI is InChI=1S/C24H26N4O4S/c1-28-24(31)16-9-3-2-8-15(16)20(27-28)22(30)26-23-19(17-10-4-5-11-18(17)33-23)21(29)25-13-14-7-6-12-32-14/h2-3,8-9,14H,4-7,10-13H2,1H3,(H,25,29)(H,26,30)/t14-/m0/s1. The zero-order valence-corrected chi connectivity index (χ0v) is 19.3. The number of amides is 2. The predicted octanol–water partition coefficient (Wildman–Crippen LogP) is 3.03. The van der Waals surface area contributed by atoms with Crippen molar-refractivity contribution in [2.24, 2.45) is 7.05 Å². The topological polar surface area (TPSA) is 102 Å². The molecule has 2 amide bonds. The summed E-state index contributed by atoms with van der Waals surface area (Å²) >= 11 is 1.46. The number of anilines is 1. The van der Waals surface area contributed by atoms with Crippen LogP contribution in [0.1, 0.15) is 57.0 Å². The van der Waals surface area contributed by atoms with Crippen molar-refractivity contribution in [3.05, 3.63) is 56.3 Å². The van der Waals surface area contributed by atoms with E-state index in [9.17, 15) is 14.4 Å². The van der Waals surface area contributed by atoms with Crippen LogP contribution in [0.15, 0.2) is 29.1 Å². The van der Waals surface area contributed by atoms with Crippen molar-refractivity contribution in [3.8, 4) is 0 Å². The first-order valence-corrected chi connectivity index (χ1v) is 12.2. The molecule has 0 spiro atoms. The third kappa shape index (κ3) is 4.18. The number of aryl methyl sites for hydroxylation is 2. The molecule has 2 aliphatic rings. The number of benzene rings is 1. The van der Waals surface area contributed by atoms with E-state index in [0.29, 0.717) is 27.9 Å². The number of rotatable bonds is 5. The van der Waals surface area contributed by atoms with E-state index in [0.717, 1.165) is 55.6 Å². The Morgan fingerprint density at radius 3 is 2.73 bits per heavy atom. The van der Waals surface area contributed by atoms with Gasteiger partial charge < -0.3 is 15.4 Å². The first kappa shape index (κ1) is 21.8. The highest BCUT2D eigenvalue weighted by Gasteiger charge is 2.28. The molecule has 0 radical (unpaired) electrons. The van der Waals surface area contributed by atoms with Crippen LogP contribution in [0.2, 0.25) is 0 Å². The van der Waals surface area contributed by atoms with Crippen LogP contribution < -0.4 is 16.2 Å². The molecular formula is C24H26N4O4S. The predicted molar refractivity (Wildman–Crippen MR) is 127 cm³/mol. The van der Waals surface area contributed by atoms with Gasteiger partial charge in [0.25, 0.3) is 17.4 Å². The van der Waals surface area contributed by atoms with E-state index in [1.165, 1.54) is 23.1 Å². The van der Waals surface area contributed by atoms with Gasteiger partial charge in [0.2, 0.25) is 0 Å². The number of carbonyl (C=O) groups excluding carboxylic acids is 2. The molecule has 5 rings (SSSR count). The van der Waals surface area contributed by atoms with Crippen LogP contribution in [0.3, 0.4) is 0 Å². The van der Waals surface area contributed by atoms with E-state index < -0.39 is 5.91 Å². The Kier molecular flexibility index (Phi) is 5.99. The normalized spacial score (nSPS) is 17.7. The molecule has 33 heavy (non-hydrogen) atoms. The summed E-state index contributed by atoms with van der Waals surface area (Å²) in [5.74, 6) is -0.618. The molecule has 0 bridgehead atoms. The van der Waals surface area contributed by atoms with Crippen LogP contribution in [-0.2, 0) is 24.6 Å². The third-order valence-corrected chi connectivity index (χ3v) is 7.52. The monoisotopic (exact) mass is 466 g/mol. The highest BCUT2D eigenvalue weighted by Crippen LogP contribution is 2.38. The highest BCUT2D eigenvalue weighted by molar-refractivity contribution is 7.17. The Hall–Kier alpha value is -3.04. The number of aromatic nitrogens is 2. The van der Waals surface area contributed by atoms with E-state index >= 15 is 0 Å². The molecule has 0 unspecified atom stereocenters. The van der Waals surface area contributed by atoms with Gasteiger partial charge >= 0.3 is 0 Å². The average molecular weight is 467 g/mol. The van der Waals surface area contributed by atoms with Crippen LogP contribution in [-0.4, -0.2) is 40.9 Å². The number of fused-ring (bicyclic) bond motifs is 2. The van der Waals surface area contributed by atoms with Gasteiger partial charge in [-0.2, -0.15) is 5.10 Å². The number of ether oxygens (including phenoxy) is 1. The van der Waals surface area contributed by atoms with Crippen LogP contribution in [0, 0.1) is 0 Å². The van der Waals surface area contributed by atoms with E-state index in [1.54, 1.807) is 24.3 Å². The zero-order valence-electron chi connectivity index (χ0n) is 18.5. The first-order chi connectivity index (χ1) is 16.0. The minimum absolute atomic E-state index is 0.0441. The lowest BCUT2D eigenvalue weighted by Gasteiger charge is -2.15. The Morgan fingerprint density at radius 1 is 1.15 bits per heavy atom. The number of carbonyl (C=O) groups is 2. The third-order valence-electron chi connectivity index (χ3n) is 6.31. The largest absolute Gasteiger partial charge is 0.376 e. The van der Waals surface area contributed by atoms with Gasteiger partial charge in [0, 0.05) is 30.5 Å². The molecule has 9 heteroatoms. The fourth-order valence-corrected chi connectivity index (χ4v) is 5.91. The number of hydrogen-bond donors (Lipinski definition) is 2. The molecule has 1 atom stereocenters. The molecule has 3 aromatic rings. The van der Waals surface area contributed by atoms with Crippen molar-refractivity contribution >= 4 is 38.9 Å². The second kappa shape index (κ2) is 9.07. The van der Waals surface area contributed by atoms with Crippen molar-refractivity contribution in [1.82, 2.24) is 15.1 Å². The van der Waals surface area contributed by atoms with Crippen molar-refractivity contribution in [2.45, 2.75) is 44.6 Å². The van der Waals surface area contributed by atoms with Crippen molar-refractivity contribution in [2.75, 3.05) is 18.5 Å². The summed E-state index contributed by atoms with van der Waals surface area (Å²) in [7, 11) is 1.53. The van der Waals surface area contributed by atoms with E-state index in [-0.39, 0.29) is 23.3 Å². The van der Waals surface area contributed by atoms with Crippen LogP contribution in [0.25, 0.3) is 10.8 Å². The average Bonchev–Trinajstić information content (AvgIpc) is 3.47. The van der Waals surface area contributed by atoms with Gasteiger partial charge in [-0.25, -0.2) is 4.68 Å². The van der Waals surface area contributed by atoms with Gasteiger partial charge in [-0.15, -0.1) is 11.3 Å². The van der Waals surface area contributed by atoms with Crippen molar-refractivity contribution in [3.63, 3.8) is 0 Å². The minimum atomic E-state index is -0.437. The summed E-state index contributed by atoms with van der Waals surface area (Å²) in [5.41, 5.74) is 1.48. The molecule has 2 N–H and O–H groups in total. The smallest absolute Gasteiger partial charge is 0.277 e. The molecule has 1 aliphatic heterocycles.